The van der Waals surface area contributed by atoms with E-state index >= 15 is 0 Å². The third kappa shape index (κ3) is 4.85. The fourth-order valence-electron chi connectivity index (χ4n) is 1.34. The molecule has 1 rings (SSSR count). The summed E-state index contributed by atoms with van der Waals surface area (Å²) in [6.07, 6.45) is 0.728. The van der Waals surface area contributed by atoms with E-state index in [-0.39, 0.29) is 17.9 Å². The highest BCUT2D eigenvalue weighted by atomic mass is 32.2. The number of nitrogens with zero attached hydrogens (tertiary/aromatic N) is 1. The first-order chi connectivity index (χ1) is 9.33. The fourth-order valence-corrected chi connectivity index (χ4v) is 2.33. The molecular formula is C13H15NO5S. The molecule has 0 fully saturated rings. The van der Waals surface area contributed by atoms with Gasteiger partial charge < -0.3 is 10.0 Å². The predicted octanol–water partition coefficient (Wildman–Crippen LogP) is 0.907. The lowest BCUT2D eigenvalue weighted by atomic mass is 10.4. The number of carbonyl (C=O) groups is 2. The summed E-state index contributed by atoms with van der Waals surface area (Å²) in [6.45, 7) is 0.0177. The molecule has 0 saturated heterocycles. The molecule has 1 aromatic rings. The Bertz CT molecular complexity index is 607. The summed E-state index contributed by atoms with van der Waals surface area (Å²) in [7, 11) is -2.26. The smallest absolute Gasteiger partial charge is 0.305 e. The minimum Gasteiger partial charge on any atom is -0.481 e. The molecule has 0 saturated carbocycles. The molecule has 0 unspecified atom stereocenters. The Morgan fingerprint density at radius 2 is 1.85 bits per heavy atom. The number of hydrogen-bond donors (Lipinski definition) is 1. The van der Waals surface area contributed by atoms with E-state index in [1.165, 1.54) is 19.2 Å². The number of rotatable bonds is 6. The van der Waals surface area contributed by atoms with Crippen molar-refractivity contribution in [2.75, 3.05) is 13.6 Å². The topological polar surface area (TPSA) is 91.8 Å². The maximum atomic E-state index is 11.9. The number of carboxylic acid groups (broad SMARTS) is 1. The molecule has 1 amide bonds. The van der Waals surface area contributed by atoms with Crippen molar-refractivity contribution in [3.8, 4) is 0 Å². The van der Waals surface area contributed by atoms with Crippen molar-refractivity contribution in [1.29, 1.82) is 0 Å². The summed E-state index contributed by atoms with van der Waals surface area (Å²) in [5, 5.41) is 9.32. The number of likely N-dealkylation sites (N-methyl/N-ethyl adjacent to an activating group) is 1. The average Bonchev–Trinajstić information content (AvgIpc) is 2.43. The summed E-state index contributed by atoms with van der Waals surface area (Å²) >= 11 is 0. The number of sulfone groups is 1. The highest BCUT2D eigenvalue weighted by Crippen LogP contribution is 2.11. The van der Waals surface area contributed by atoms with E-state index in [1.54, 1.807) is 18.2 Å². The largest absolute Gasteiger partial charge is 0.481 e. The molecule has 0 aliphatic carbocycles. The standard InChI is InChI=1S/C13H15NO5S/c1-14(9-7-13(16)17)12(15)8-10-20(18,19)11-5-3-2-4-6-11/h2-6,8,10H,7,9H2,1H3,(H,16,17). The van der Waals surface area contributed by atoms with Crippen LogP contribution in [0, 0.1) is 0 Å². The molecule has 0 heterocycles. The van der Waals surface area contributed by atoms with Gasteiger partial charge in [0, 0.05) is 25.1 Å². The summed E-state index contributed by atoms with van der Waals surface area (Å²) < 4.78 is 23.7. The van der Waals surface area contributed by atoms with Crippen LogP contribution in [0.25, 0.3) is 0 Å². The molecule has 108 valence electrons. The van der Waals surface area contributed by atoms with Crippen LogP contribution < -0.4 is 0 Å². The van der Waals surface area contributed by atoms with Crippen LogP contribution in [0.1, 0.15) is 6.42 Å². The van der Waals surface area contributed by atoms with Gasteiger partial charge in [-0.1, -0.05) is 18.2 Å². The van der Waals surface area contributed by atoms with Crippen LogP contribution in [0.2, 0.25) is 0 Å². The van der Waals surface area contributed by atoms with E-state index in [0.717, 1.165) is 16.4 Å². The quantitative estimate of drug-likeness (QED) is 0.788. The van der Waals surface area contributed by atoms with Gasteiger partial charge in [0.25, 0.3) is 0 Å². The van der Waals surface area contributed by atoms with Crippen molar-refractivity contribution in [3.05, 3.63) is 41.8 Å². The summed E-state index contributed by atoms with van der Waals surface area (Å²) in [4.78, 5) is 23.2. The van der Waals surface area contributed by atoms with Crippen LogP contribution in [-0.2, 0) is 19.4 Å². The molecular weight excluding hydrogens is 282 g/mol. The summed E-state index contributed by atoms with van der Waals surface area (Å²) in [5.41, 5.74) is 0. The first kappa shape index (κ1) is 15.9. The van der Waals surface area contributed by atoms with Gasteiger partial charge in [0.15, 0.2) is 9.84 Å². The molecule has 6 nitrogen and oxygen atoms in total. The Labute approximate surface area is 117 Å². The van der Waals surface area contributed by atoms with Crippen molar-refractivity contribution in [3.63, 3.8) is 0 Å². The Balaban J connectivity index is 2.72. The van der Waals surface area contributed by atoms with Crippen molar-refractivity contribution in [1.82, 2.24) is 4.90 Å². The molecule has 0 aromatic heterocycles. The normalized spacial score (nSPS) is 11.4. The summed E-state index contributed by atoms with van der Waals surface area (Å²) in [5.74, 6) is -1.59. The lowest BCUT2D eigenvalue weighted by Crippen LogP contribution is -2.27. The number of benzene rings is 1. The molecule has 0 atom stereocenters. The zero-order chi connectivity index (χ0) is 15.2. The first-order valence-corrected chi connectivity index (χ1v) is 7.32. The maximum Gasteiger partial charge on any atom is 0.305 e. The highest BCUT2D eigenvalue weighted by Gasteiger charge is 2.12. The molecule has 20 heavy (non-hydrogen) atoms. The lowest BCUT2D eigenvalue weighted by Gasteiger charge is -2.13. The van der Waals surface area contributed by atoms with E-state index in [1.807, 2.05) is 0 Å². The highest BCUT2D eigenvalue weighted by molar-refractivity contribution is 7.94. The lowest BCUT2D eigenvalue weighted by molar-refractivity contribution is -0.137. The number of amides is 1. The van der Waals surface area contributed by atoms with Crippen molar-refractivity contribution < 1.29 is 23.1 Å². The van der Waals surface area contributed by atoms with Crippen LogP contribution in [0.4, 0.5) is 0 Å². The Kier molecular flexibility index (Phi) is 5.45. The van der Waals surface area contributed by atoms with E-state index < -0.39 is 21.7 Å². The molecule has 0 radical (unpaired) electrons. The van der Waals surface area contributed by atoms with E-state index in [4.69, 9.17) is 5.11 Å². The van der Waals surface area contributed by atoms with Gasteiger partial charge >= 0.3 is 5.97 Å². The maximum absolute atomic E-state index is 11.9. The predicted molar refractivity (Wildman–Crippen MR) is 72.7 cm³/mol. The van der Waals surface area contributed by atoms with Crippen molar-refractivity contribution in [2.24, 2.45) is 0 Å². The number of aliphatic carboxylic acids is 1. The first-order valence-electron chi connectivity index (χ1n) is 5.78. The van der Waals surface area contributed by atoms with Gasteiger partial charge in [-0.25, -0.2) is 8.42 Å². The van der Waals surface area contributed by atoms with Crippen LogP contribution in [0.5, 0.6) is 0 Å². The van der Waals surface area contributed by atoms with Gasteiger partial charge in [-0.2, -0.15) is 0 Å². The second-order valence-electron chi connectivity index (χ2n) is 4.06. The van der Waals surface area contributed by atoms with Crippen molar-refractivity contribution >= 4 is 21.7 Å². The molecule has 1 N–H and O–H groups in total. The zero-order valence-corrected chi connectivity index (χ0v) is 11.7. The van der Waals surface area contributed by atoms with Crippen molar-refractivity contribution in [2.45, 2.75) is 11.3 Å². The molecule has 7 heteroatoms. The summed E-state index contributed by atoms with van der Waals surface area (Å²) in [6, 6.07) is 7.72. The Hall–Kier alpha value is -2.15. The van der Waals surface area contributed by atoms with Gasteiger partial charge in [-0.05, 0) is 12.1 Å². The van der Waals surface area contributed by atoms with E-state index in [2.05, 4.69) is 0 Å². The monoisotopic (exact) mass is 297 g/mol. The second kappa shape index (κ2) is 6.85. The third-order valence-corrected chi connectivity index (χ3v) is 3.92. The SMILES string of the molecule is CN(CCC(=O)O)C(=O)C=CS(=O)(=O)c1ccccc1. The van der Waals surface area contributed by atoms with Gasteiger partial charge in [0.2, 0.25) is 5.91 Å². The number of carbonyl (C=O) groups excluding carboxylic acids is 1. The molecule has 0 bridgehead atoms. The van der Waals surface area contributed by atoms with Crippen LogP contribution in [0.3, 0.4) is 0 Å². The average molecular weight is 297 g/mol. The Morgan fingerprint density at radius 3 is 2.40 bits per heavy atom. The third-order valence-electron chi connectivity index (χ3n) is 2.50. The van der Waals surface area contributed by atoms with Crippen LogP contribution in [0.15, 0.2) is 46.7 Å². The van der Waals surface area contributed by atoms with E-state index in [9.17, 15) is 18.0 Å². The molecule has 0 spiro atoms. The van der Waals surface area contributed by atoms with E-state index in [0.29, 0.717) is 0 Å². The zero-order valence-electron chi connectivity index (χ0n) is 10.9. The molecule has 0 aliphatic heterocycles. The fraction of sp³-hybridized carbons (Fsp3) is 0.231. The minimum absolute atomic E-state index is 0.0177. The van der Waals surface area contributed by atoms with Gasteiger partial charge in [-0.3, -0.25) is 9.59 Å². The van der Waals surface area contributed by atoms with Gasteiger partial charge in [-0.15, -0.1) is 0 Å². The van der Waals surface area contributed by atoms with Gasteiger partial charge in [0.05, 0.1) is 11.3 Å². The molecule has 1 aromatic carbocycles. The molecule has 0 aliphatic rings. The van der Waals surface area contributed by atoms with Gasteiger partial charge in [0.1, 0.15) is 0 Å². The van der Waals surface area contributed by atoms with Crippen LogP contribution >= 0.6 is 0 Å². The van der Waals surface area contributed by atoms with Crippen LogP contribution in [-0.4, -0.2) is 43.9 Å². The second-order valence-corrected chi connectivity index (χ2v) is 5.90. The number of hydrogen-bond acceptors (Lipinski definition) is 4. The number of carboxylic acids is 1. The Morgan fingerprint density at radius 1 is 1.25 bits per heavy atom. The minimum atomic E-state index is -3.66.